The van der Waals surface area contributed by atoms with E-state index in [0.29, 0.717) is 22.7 Å². The lowest BCUT2D eigenvalue weighted by molar-refractivity contribution is 0.101. The van der Waals surface area contributed by atoms with Crippen molar-refractivity contribution < 1.29 is 14.1 Å². The number of aromatic amines is 1. The molecule has 8 nitrogen and oxygen atoms in total. The first-order chi connectivity index (χ1) is 13.5. The SMILES string of the molecule is Cc1cc(C(=O)Nc2cc(NC(=O)c3ccc4cn[nH]c4c3)ccc2C)no1. The van der Waals surface area contributed by atoms with Crippen LogP contribution in [0.3, 0.4) is 0 Å². The van der Waals surface area contributed by atoms with Gasteiger partial charge >= 0.3 is 0 Å². The largest absolute Gasteiger partial charge is 0.361 e. The second-order valence-electron chi connectivity index (χ2n) is 6.43. The summed E-state index contributed by atoms with van der Waals surface area (Å²) < 4.78 is 4.93. The standard InChI is InChI=1S/C20H17N5O3/c1-11-3-6-15(9-16(11)23-20(27)18-7-12(2)28-25-18)22-19(26)13-4-5-14-10-21-24-17(14)8-13/h3-10H,1-2H3,(H,21,24)(H,22,26)(H,23,27). The topological polar surface area (TPSA) is 113 Å². The maximum Gasteiger partial charge on any atom is 0.277 e. The van der Waals surface area contributed by atoms with Gasteiger partial charge in [-0.2, -0.15) is 5.10 Å². The molecule has 0 aliphatic rings. The Morgan fingerprint density at radius 2 is 1.86 bits per heavy atom. The lowest BCUT2D eigenvalue weighted by atomic mass is 10.1. The third-order valence-electron chi connectivity index (χ3n) is 4.31. The lowest BCUT2D eigenvalue weighted by Gasteiger charge is -2.11. The Bertz CT molecular complexity index is 1190. The smallest absolute Gasteiger partial charge is 0.277 e. The van der Waals surface area contributed by atoms with Crippen molar-refractivity contribution in [3.8, 4) is 0 Å². The van der Waals surface area contributed by atoms with Gasteiger partial charge in [0.2, 0.25) is 0 Å². The van der Waals surface area contributed by atoms with Gasteiger partial charge in [-0.25, -0.2) is 0 Å². The van der Waals surface area contributed by atoms with Crippen LogP contribution in [0.1, 0.15) is 32.2 Å². The van der Waals surface area contributed by atoms with E-state index in [2.05, 4.69) is 26.0 Å². The van der Waals surface area contributed by atoms with Crippen molar-refractivity contribution in [1.29, 1.82) is 0 Å². The van der Waals surface area contributed by atoms with Gasteiger partial charge in [-0.1, -0.05) is 17.3 Å². The Hall–Kier alpha value is -3.94. The highest BCUT2D eigenvalue weighted by atomic mass is 16.5. The zero-order valence-electron chi connectivity index (χ0n) is 15.2. The monoisotopic (exact) mass is 375 g/mol. The molecule has 4 rings (SSSR count). The van der Waals surface area contributed by atoms with Gasteiger partial charge in [0.25, 0.3) is 11.8 Å². The Morgan fingerprint density at radius 1 is 1.00 bits per heavy atom. The Labute approximate surface area is 159 Å². The van der Waals surface area contributed by atoms with Crippen molar-refractivity contribution >= 4 is 34.1 Å². The molecule has 0 bridgehead atoms. The molecule has 0 fully saturated rings. The number of nitrogens with zero attached hydrogens (tertiary/aromatic N) is 2. The summed E-state index contributed by atoms with van der Waals surface area (Å²) in [5.74, 6) is -0.0880. The quantitative estimate of drug-likeness (QED) is 0.504. The number of amides is 2. The molecule has 4 aromatic rings. The number of nitrogens with one attached hydrogen (secondary N) is 3. The summed E-state index contributed by atoms with van der Waals surface area (Å²) in [6.07, 6.45) is 1.70. The van der Waals surface area contributed by atoms with E-state index in [4.69, 9.17) is 4.52 Å². The van der Waals surface area contributed by atoms with E-state index in [1.54, 1.807) is 43.5 Å². The fourth-order valence-corrected chi connectivity index (χ4v) is 2.78. The van der Waals surface area contributed by atoms with Crippen LogP contribution in [0.2, 0.25) is 0 Å². The third-order valence-corrected chi connectivity index (χ3v) is 4.31. The van der Waals surface area contributed by atoms with Crippen LogP contribution in [0.25, 0.3) is 10.9 Å². The molecule has 2 aromatic heterocycles. The van der Waals surface area contributed by atoms with Crippen LogP contribution in [-0.2, 0) is 0 Å². The molecule has 0 radical (unpaired) electrons. The molecule has 0 aliphatic carbocycles. The molecular weight excluding hydrogens is 358 g/mol. The van der Waals surface area contributed by atoms with Gasteiger partial charge in [0.05, 0.1) is 11.7 Å². The number of fused-ring (bicyclic) bond motifs is 1. The number of hydrogen-bond donors (Lipinski definition) is 3. The van der Waals surface area contributed by atoms with E-state index in [-0.39, 0.29) is 17.5 Å². The molecule has 0 aliphatic heterocycles. The van der Waals surface area contributed by atoms with Gasteiger partial charge in [0, 0.05) is 28.4 Å². The van der Waals surface area contributed by atoms with Gasteiger partial charge in [-0.3, -0.25) is 14.7 Å². The molecule has 28 heavy (non-hydrogen) atoms. The zero-order valence-corrected chi connectivity index (χ0v) is 15.2. The number of benzene rings is 2. The van der Waals surface area contributed by atoms with Gasteiger partial charge in [0.15, 0.2) is 5.69 Å². The summed E-state index contributed by atoms with van der Waals surface area (Å²) >= 11 is 0. The number of rotatable bonds is 4. The number of carbonyl (C=O) groups is 2. The van der Waals surface area contributed by atoms with E-state index in [9.17, 15) is 9.59 Å². The molecule has 3 N–H and O–H groups in total. The predicted octanol–water partition coefficient (Wildman–Crippen LogP) is 3.67. The van der Waals surface area contributed by atoms with Crippen molar-refractivity contribution in [2.45, 2.75) is 13.8 Å². The van der Waals surface area contributed by atoms with Crippen LogP contribution < -0.4 is 10.6 Å². The Kier molecular flexibility index (Phi) is 4.36. The lowest BCUT2D eigenvalue weighted by Crippen LogP contribution is -2.15. The highest BCUT2D eigenvalue weighted by Gasteiger charge is 2.14. The summed E-state index contributed by atoms with van der Waals surface area (Å²) in [6.45, 7) is 3.58. The van der Waals surface area contributed by atoms with Crippen LogP contribution >= 0.6 is 0 Å². The minimum absolute atomic E-state index is 0.194. The summed E-state index contributed by atoms with van der Waals surface area (Å²) in [4.78, 5) is 24.9. The summed E-state index contributed by atoms with van der Waals surface area (Å²) in [5.41, 5.74) is 3.47. The van der Waals surface area contributed by atoms with Crippen LogP contribution in [0.5, 0.6) is 0 Å². The second-order valence-corrected chi connectivity index (χ2v) is 6.43. The molecule has 2 amide bonds. The molecular formula is C20H17N5O3. The summed E-state index contributed by atoms with van der Waals surface area (Å²) in [7, 11) is 0. The summed E-state index contributed by atoms with van der Waals surface area (Å²) in [6, 6.07) is 12.1. The van der Waals surface area contributed by atoms with Gasteiger partial charge in [-0.15, -0.1) is 0 Å². The van der Waals surface area contributed by atoms with Crippen LogP contribution in [0.15, 0.2) is 53.2 Å². The molecule has 140 valence electrons. The molecule has 8 heteroatoms. The Balaban J connectivity index is 1.52. The van der Waals surface area contributed by atoms with Crippen molar-refractivity contribution in [1.82, 2.24) is 15.4 Å². The van der Waals surface area contributed by atoms with Crippen molar-refractivity contribution in [3.63, 3.8) is 0 Å². The number of H-pyrrole nitrogens is 1. The van der Waals surface area contributed by atoms with E-state index in [1.165, 1.54) is 0 Å². The fraction of sp³-hybridized carbons (Fsp3) is 0.100. The van der Waals surface area contributed by atoms with E-state index >= 15 is 0 Å². The van der Waals surface area contributed by atoms with Crippen LogP contribution in [-0.4, -0.2) is 27.2 Å². The molecule has 0 saturated carbocycles. The van der Waals surface area contributed by atoms with Crippen LogP contribution in [0, 0.1) is 13.8 Å². The minimum Gasteiger partial charge on any atom is -0.361 e. The van der Waals surface area contributed by atoms with E-state index in [0.717, 1.165) is 16.5 Å². The number of aromatic nitrogens is 3. The molecule has 2 aromatic carbocycles. The van der Waals surface area contributed by atoms with Crippen molar-refractivity contribution in [2.24, 2.45) is 0 Å². The van der Waals surface area contributed by atoms with E-state index in [1.807, 2.05) is 19.1 Å². The minimum atomic E-state index is -0.381. The first kappa shape index (κ1) is 17.5. The van der Waals surface area contributed by atoms with Crippen molar-refractivity contribution in [2.75, 3.05) is 10.6 Å². The molecule has 0 unspecified atom stereocenters. The summed E-state index contributed by atoms with van der Waals surface area (Å²) in [5, 5.41) is 17.1. The predicted molar refractivity (Wildman–Crippen MR) is 104 cm³/mol. The highest BCUT2D eigenvalue weighted by Crippen LogP contribution is 2.22. The fourth-order valence-electron chi connectivity index (χ4n) is 2.78. The van der Waals surface area contributed by atoms with Gasteiger partial charge < -0.3 is 15.2 Å². The zero-order chi connectivity index (χ0) is 19.7. The number of hydrogen-bond acceptors (Lipinski definition) is 5. The first-order valence-electron chi connectivity index (χ1n) is 8.59. The highest BCUT2D eigenvalue weighted by molar-refractivity contribution is 6.07. The molecule has 0 spiro atoms. The molecule has 2 heterocycles. The first-order valence-corrected chi connectivity index (χ1v) is 8.59. The number of carbonyl (C=O) groups excluding carboxylic acids is 2. The normalized spacial score (nSPS) is 10.8. The van der Waals surface area contributed by atoms with Crippen LogP contribution in [0.4, 0.5) is 11.4 Å². The average molecular weight is 375 g/mol. The maximum absolute atomic E-state index is 12.6. The van der Waals surface area contributed by atoms with Crippen molar-refractivity contribution in [3.05, 3.63) is 71.2 Å². The van der Waals surface area contributed by atoms with Gasteiger partial charge in [-0.05, 0) is 43.7 Å². The molecule has 0 saturated heterocycles. The Morgan fingerprint density at radius 3 is 2.64 bits per heavy atom. The van der Waals surface area contributed by atoms with E-state index < -0.39 is 0 Å². The number of aryl methyl sites for hydroxylation is 2. The number of anilines is 2. The third kappa shape index (κ3) is 3.48. The average Bonchev–Trinajstić information content (AvgIpc) is 3.32. The maximum atomic E-state index is 12.6. The van der Waals surface area contributed by atoms with Gasteiger partial charge in [0.1, 0.15) is 5.76 Å². The second kappa shape index (κ2) is 6.99. The molecule has 0 atom stereocenters.